The van der Waals surface area contributed by atoms with Crippen LogP contribution in [-0.2, 0) is 10.8 Å². The predicted octanol–water partition coefficient (Wildman–Crippen LogP) is 7.63. The Morgan fingerprint density at radius 3 is 1.44 bits per heavy atom. The highest BCUT2D eigenvalue weighted by atomic mass is 19.1. The van der Waals surface area contributed by atoms with Gasteiger partial charge in [-0.2, -0.15) is 10.5 Å². The molecule has 0 bridgehead atoms. The molecule has 3 aromatic rings. The zero-order valence-electron chi connectivity index (χ0n) is 19.5. The minimum Gasteiger partial charge on any atom is -0.309 e. The maximum absolute atomic E-state index is 14.9. The predicted molar refractivity (Wildman–Crippen MR) is 128 cm³/mol. The summed E-state index contributed by atoms with van der Waals surface area (Å²) in [6.07, 6.45) is 0. The van der Waals surface area contributed by atoms with Gasteiger partial charge in [-0.1, -0.05) is 65.8 Å². The van der Waals surface area contributed by atoms with Crippen LogP contribution in [0.25, 0.3) is 0 Å². The molecule has 0 saturated carbocycles. The summed E-state index contributed by atoms with van der Waals surface area (Å²) in [5.74, 6) is -0.796. The van der Waals surface area contributed by atoms with E-state index in [9.17, 15) is 14.9 Å². The summed E-state index contributed by atoms with van der Waals surface area (Å²) in [5, 5.41) is 18.9. The Morgan fingerprint density at radius 2 is 1.09 bits per heavy atom. The molecule has 0 aliphatic heterocycles. The molecule has 0 radical (unpaired) electrons. The van der Waals surface area contributed by atoms with Crippen molar-refractivity contribution >= 4 is 17.1 Å². The Balaban J connectivity index is 2.23. The summed E-state index contributed by atoms with van der Waals surface area (Å²) >= 11 is 0. The molecule has 32 heavy (non-hydrogen) atoms. The van der Waals surface area contributed by atoms with Crippen molar-refractivity contribution in [2.24, 2.45) is 0 Å². The third-order valence-electron chi connectivity index (χ3n) is 5.58. The van der Waals surface area contributed by atoms with Crippen LogP contribution in [0.2, 0.25) is 0 Å². The normalized spacial score (nSPS) is 11.5. The van der Waals surface area contributed by atoms with Crippen LogP contribution in [0, 0.1) is 28.5 Å². The van der Waals surface area contributed by atoms with Gasteiger partial charge in [-0.05, 0) is 58.4 Å². The van der Waals surface area contributed by atoms with Crippen LogP contribution in [0.15, 0.2) is 60.7 Å². The standard InChI is InChI=1S/C28H28FN3/c1-27(2,3)20-8-12-22(13-9-20)32(23-14-10-21(11-15-23)28(4,5)6)25-16-7-19(17-30)26(29)24(25)18-31/h7-16H,1-6H3. The van der Waals surface area contributed by atoms with Gasteiger partial charge in [-0.15, -0.1) is 0 Å². The molecule has 4 heteroatoms. The third kappa shape index (κ3) is 4.51. The second-order valence-corrected chi connectivity index (χ2v) is 9.97. The molecule has 0 N–H and O–H groups in total. The first kappa shape index (κ1) is 23.0. The van der Waals surface area contributed by atoms with E-state index in [1.54, 1.807) is 6.07 Å². The number of nitriles is 2. The molecular formula is C28H28FN3. The average Bonchev–Trinajstić information content (AvgIpc) is 2.74. The molecule has 0 aliphatic carbocycles. The monoisotopic (exact) mass is 425 g/mol. The molecule has 162 valence electrons. The van der Waals surface area contributed by atoms with E-state index in [1.165, 1.54) is 17.2 Å². The SMILES string of the molecule is CC(C)(C)c1ccc(N(c2ccc(C(C)(C)C)cc2)c2ccc(C#N)c(F)c2C#N)cc1. The number of hydrogen-bond donors (Lipinski definition) is 0. The molecule has 3 aromatic carbocycles. The van der Waals surface area contributed by atoms with E-state index < -0.39 is 5.82 Å². The summed E-state index contributed by atoms with van der Waals surface area (Å²) < 4.78 is 14.9. The molecule has 0 heterocycles. The van der Waals surface area contributed by atoms with Crippen LogP contribution in [0.5, 0.6) is 0 Å². The highest BCUT2D eigenvalue weighted by Gasteiger charge is 2.22. The minimum absolute atomic E-state index is 0.00389. The van der Waals surface area contributed by atoms with Gasteiger partial charge in [-0.3, -0.25) is 0 Å². The fourth-order valence-corrected chi connectivity index (χ4v) is 3.59. The van der Waals surface area contributed by atoms with Crippen LogP contribution in [0.4, 0.5) is 21.5 Å². The number of nitrogens with zero attached hydrogens (tertiary/aromatic N) is 3. The summed E-state index contributed by atoms with van der Waals surface area (Å²) in [7, 11) is 0. The molecule has 0 fully saturated rings. The van der Waals surface area contributed by atoms with Crippen molar-refractivity contribution < 1.29 is 4.39 Å². The molecule has 0 unspecified atom stereocenters. The number of halogens is 1. The number of benzene rings is 3. The van der Waals surface area contributed by atoms with Gasteiger partial charge in [0.05, 0.1) is 11.3 Å². The highest BCUT2D eigenvalue weighted by Crippen LogP contribution is 2.39. The van der Waals surface area contributed by atoms with Gasteiger partial charge >= 0.3 is 0 Å². The zero-order chi connectivity index (χ0) is 23.7. The van der Waals surface area contributed by atoms with Crippen LogP contribution >= 0.6 is 0 Å². The smallest absolute Gasteiger partial charge is 0.160 e. The fraction of sp³-hybridized carbons (Fsp3) is 0.286. The second kappa shape index (κ2) is 8.48. The minimum atomic E-state index is -0.796. The Hall–Kier alpha value is -3.63. The van der Waals surface area contributed by atoms with E-state index in [2.05, 4.69) is 65.8 Å². The number of rotatable bonds is 3. The summed E-state index contributed by atoms with van der Waals surface area (Å²) in [4.78, 5) is 1.86. The third-order valence-corrected chi connectivity index (χ3v) is 5.58. The van der Waals surface area contributed by atoms with Crippen molar-refractivity contribution in [2.75, 3.05) is 4.90 Å². The van der Waals surface area contributed by atoms with E-state index in [4.69, 9.17) is 0 Å². The van der Waals surface area contributed by atoms with Crippen LogP contribution < -0.4 is 4.90 Å². The molecule has 0 amide bonds. The molecule has 0 spiro atoms. The first-order chi connectivity index (χ1) is 15.0. The summed E-state index contributed by atoms with van der Waals surface area (Å²) in [5.41, 5.74) is 4.07. The summed E-state index contributed by atoms with van der Waals surface area (Å²) in [6, 6.07) is 23.0. The van der Waals surface area contributed by atoms with Crippen LogP contribution in [-0.4, -0.2) is 0 Å². The highest BCUT2D eigenvalue weighted by molar-refractivity contribution is 5.81. The van der Waals surface area contributed by atoms with Gasteiger partial charge in [0.2, 0.25) is 0 Å². The Labute approximate surface area is 190 Å². The van der Waals surface area contributed by atoms with Gasteiger partial charge in [0.1, 0.15) is 17.7 Å². The van der Waals surface area contributed by atoms with Crippen molar-refractivity contribution in [1.82, 2.24) is 0 Å². The molecule has 3 nitrogen and oxygen atoms in total. The first-order valence-electron chi connectivity index (χ1n) is 10.6. The number of hydrogen-bond acceptors (Lipinski definition) is 3. The molecule has 0 aromatic heterocycles. The lowest BCUT2D eigenvalue weighted by Gasteiger charge is -2.28. The van der Waals surface area contributed by atoms with Crippen LogP contribution in [0.1, 0.15) is 63.8 Å². The van der Waals surface area contributed by atoms with E-state index >= 15 is 0 Å². The van der Waals surface area contributed by atoms with Crippen molar-refractivity contribution in [3.05, 3.63) is 88.7 Å². The van der Waals surface area contributed by atoms with Gasteiger partial charge in [-0.25, -0.2) is 4.39 Å². The average molecular weight is 426 g/mol. The van der Waals surface area contributed by atoms with Crippen LogP contribution in [0.3, 0.4) is 0 Å². The Morgan fingerprint density at radius 1 is 0.656 bits per heavy atom. The first-order valence-corrected chi connectivity index (χ1v) is 10.6. The number of anilines is 3. The fourth-order valence-electron chi connectivity index (χ4n) is 3.59. The van der Waals surface area contributed by atoms with Gasteiger partial charge in [0.25, 0.3) is 0 Å². The lowest BCUT2D eigenvalue weighted by molar-refractivity contribution is 0.590. The largest absolute Gasteiger partial charge is 0.309 e. The maximum atomic E-state index is 14.9. The van der Waals surface area contributed by atoms with Crippen molar-refractivity contribution in [1.29, 1.82) is 10.5 Å². The lowest BCUT2D eigenvalue weighted by atomic mass is 9.86. The van der Waals surface area contributed by atoms with E-state index in [-0.39, 0.29) is 22.0 Å². The molecular weight excluding hydrogens is 397 g/mol. The molecule has 0 aliphatic rings. The molecule has 3 rings (SSSR count). The second-order valence-electron chi connectivity index (χ2n) is 9.97. The molecule has 0 saturated heterocycles. The summed E-state index contributed by atoms with van der Waals surface area (Å²) in [6.45, 7) is 12.9. The lowest BCUT2D eigenvalue weighted by Crippen LogP contribution is -2.15. The van der Waals surface area contributed by atoms with E-state index in [0.29, 0.717) is 5.69 Å². The van der Waals surface area contributed by atoms with Crippen molar-refractivity contribution in [2.45, 2.75) is 52.4 Å². The van der Waals surface area contributed by atoms with Crippen molar-refractivity contribution in [3.63, 3.8) is 0 Å². The van der Waals surface area contributed by atoms with Gasteiger partial charge in [0, 0.05) is 11.4 Å². The molecule has 0 atom stereocenters. The van der Waals surface area contributed by atoms with E-state index in [0.717, 1.165) is 11.4 Å². The Kier molecular flexibility index (Phi) is 6.11. The van der Waals surface area contributed by atoms with Gasteiger partial charge < -0.3 is 4.90 Å². The zero-order valence-corrected chi connectivity index (χ0v) is 19.5. The van der Waals surface area contributed by atoms with Crippen molar-refractivity contribution in [3.8, 4) is 12.1 Å². The van der Waals surface area contributed by atoms with Gasteiger partial charge in [0.15, 0.2) is 5.82 Å². The van der Waals surface area contributed by atoms with E-state index in [1.807, 2.05) is 41.3 Å². The maximum Gasteiger partial charge on any atom is 0.160 e. The Bertz CT molecular complexity index is 1140. The quantitative estimate of drug-likeness (QED) is 0.433. The topological polar surface area (TPSA) is 50.8 Å².